The van der Waals surface area contributed by atoms with Crippen molar-refractivity contribution < 1.29 is 14.7 Å². The van der Waals surface area contributed by atoms with Gasteiger partial charge >= 0.3 is 12.0 Å². The highest BCUT2D eigenvalue weighted by Gasteiger charge is 2.33. The highest BCUT2D eigenvalue weighted by Crippen LogP contribution is 2.36. The number of carboxylic acid groups (broad SMARTS) is 1. The number of carboxylic acids is 1. The molecule has 2 rings (SSSR count). The van der Waals surface area contributed by atoms with Crippen LogP contribution in [0.3, 0.4) is 0 Å². The van der Waals surface area contributed by atoms with E-state index in [-0.39, 0.29) is 12.5 Å². The third-order valence-corrected chi connectivity index (χ3v) is 4.46. The predicted octanol–water partition coefficient (Wildman–Crippen LogP) is 1.93. The maximum atomic E-state index is 11.9. The SMILES string of the molecule is CC1CC1CNC(=O)N1CCC(CCC(=O)O)CC1. The number of hydrogen-bond acceptors (Lipinski definition) is 2. The lowest BCUT2D eigenvalue weighted by Gasteiger charge is -2.31. The number of piperidine rings is 1. The van der Waals surface area contributed by atoms with E-state index in [0.717, 1.165) is 44.8 Å². The van der Waals surface area contributed by atoms with Crippen LogP contribution < -0.4 is 5.32 Å². The fourth-order valence-corrected chi connectivity index (χ4v) is 2.77. The molecular formula is C14H24N2O3. The van der Waals surface area contributed by atoms with Crippen molar-refractivity contribution in [3.05, 3.63) is 0 Å². The molecule has 1 aliphatic heterocycles. The van der Waals surface area contributed by atoms with E-state index in [9.17, 15) is 9.59 Å². The van der Waals surface area contributed by atoms with Crippen LogP contribution in [0, 0.1) is 17.8 Å². The quantitative estimate of drug-likeness (QED) is 0.800. The van der Waals surface area contributed by atoms with E-state index in [1.165, 1.54) is 6.42 Å². The van der Waals surface area contributed by atoms with Crippen molar-refractivity contribution in [3.63, 3.8) is 0 Å². The molecular weight excluding hydrogens is 244 g/mol. The minimum atomic E-state index is -0.723. The third kappa shape index (κ3) is 4.40. The minimum Gasteiger partial charge on any atom is -0.481 e. The van der Waals surface area contributed by atoms with Gasteiger partial charge in [0, 0.05) is 26.1 Å². The van der Waals surface area contributed by atoms with E-state index in [4.69, 9.17) is 5.11 Å². The maximum Gasteiger partial charge on any atom is 0.317 e. The number of likely N-dealkylation sites (tertiary alicyclic amines) is 1. The first kappa shape index (κ1) is 14.2. The highest BCUT2D eigenvalue weighted by atomic mass is 16.4. The molecule has 2 aliphatic rings. The van der Waals surface area contributed by atoms with Crippen LogP contribution in [0.4, 0.5) is 4.79 Å². The Morgan fingerprint density at radius 1 is 1.32 bits per heavy atom. The number of rotatable bonds is 5. The summed E-state index contributed by atoms with van der Waals surface area (Å²) in [6.45, 7) is 4.54. The molecule has 1 heterocycles. The number of amides is 2. The van der Waals surface area contributed by atoms with E-state index in [1.54, 1.807) is 0 Å². The van der Waals surface area contributed by atoms with Gasteiger partial charge < -0.3 is 15.3 Å². The minimum absolute atomic E-state index is 0.0517. The van der Waals surface area contributed by atoms with Gasteiger partial charge in [0.05, 0.1) is 0 Å². The molecule has 0 aromatic heterocycles. The summed E-state index contributed by atoms with van der Waals surface area (Å²) in [5.41, 5.74) is 0. The maximum absolute atomic E-state index is 11.9. The lowest BCUT2D eigenvalue weighted by Crippen LogP contribution is -2.45. The van der Waals surface area contributed by atoms with Gasteiger partial charge in [-0.15, -0.1) is 0 Å². The van der Waals surface area contributed by atoms with Gasteiger partial charge in [0.15, 0.2) is 0 Å². The number of carbonyl (C=O) groups excluding carboxylic acids is 1. The van der Waals surface area contributed by atoms with Crippen LogP contribution in [-0.2, 0) is 4.79 Å². The van der Waals surface area contributed by atoms with E-state index < -0.39 is 5.97 Å². The largest absolute Gasteiger partial charge is 0.481 e. The molecule has 2 unspecified atom stereocenters. The predicted molar refractivity (Wildman–Crippen MR) is 71.8 cm³/mol. The lowest BCUT2D eigenvalue weighted by atomic mass is 9.92. The first-order valence-corrected chi connectivity index (χ1v) is 7.31. The Labute approximate surface area is 114 Å². The summed E-state index contributed by atoms with van der Waals surface area (Å²) in [6.07, 6.45) is 4.08. The Balaban J connectivity index is 1.61. The van der Waals surface area contributed by atoms with Crippen LogP contribution in [0.15, 0.2) is 0 Å². The first-order chi connectivity index (χ1) is 9.06. The summed E-state index contributed by atoms with van der Waals surface area (Å²) in [6, 6.07) is 0.0517. The zero-order valence-electron chi connectivity index (χ0n) is 11.6. The second-order valence-electron chi connectivity index (χ2n) is 6.02. The third-order valence-electron chi connectivity index (χ3n) is 4.46. The lowest BCUT2D eigenvalue weighted by molar-refractivity contribution is -0.137. The van der Waals surface area contributed by atoms with Crippen molar-refractivity contribution in [2.45, 2.75) is 39.0 Å². The van der Waals surface area contributed by atoms with Crippen molar-refractivity contribution in [2.24, 2.45) is 17.8 Å². The van der Waals surface area contributed by atoms with Crippen molar-refractivity contribution in [2.75, 3.05) is 19.6 Å². The number of nitrogens with zero attached hydrogens (tertiary/aromatic N) is 1. The Morgan fingerprint density at radius 2 is 1.95 bits per heavy atom. The Morgan fingerprint density at radius 3 is 2.47 bits per heavy atom. The number of nitrogens with one attached hydrogen (secondary N) is 1. The van der Waals surface area contributed by atoms with Gasteiger partial charge in [-0.2, -0.15) is 0 Å². The summed E-state index contributed by atoms with van der Waals surface area (Å²) < 4.78 is 0. The van der Waals surface area contributed by atoms with Gasteiger partial charge in [-0.3, -0.25) is 4.79 Å². The van der Waals surface area contributed by atoms with Gasteiger partial charge in [0.1, 0.15) is 0 Å². The standard InChI is InChI=1S/C14H24N2O3/c1-10-8-12(10)9-15-14(19)16-6-4-11(5-7-16)2-3-13(17)18/h10-12H,2-9H2,1H3,(H,15,19)(H,17,18). The zero-order valence-corrected chi connectivity index (χ0v) is 11.6. The molecule has 2 fully saturated rings. The Bertz CT molecular complexity index is 338. The van der Waals surface area contributed by atoms with Crippen LogP contribution in [0.1, 0.15) is 39.0 Å². The highest BCUT2D eigenvalue weighted by molar-refractivity contribution is 5.74. The number of aliphatic carboxylic acids is 1. The molecule has 1 saturated carbocycles. The molecule has 2 atom stereocenters. The van der Waals surface area contributed by atoms with E-state index >= 15 is 0 Å². The summed E-state index contributed by atoms with van der Waals surface area (Å²) in [7, 11) is 0. The van der Waals surface area contributed by atoms with Gasteiger partial charge in [-0.1, -0.05) is 6.92 Å². The van der Waals surface area contributed by atoms with Crippen molar-refractivity contribution in [1.29, 1.82) is 0 Å². The molecule has 2 amide bonds. The summed E-state index contributed by atoms with van der Waals surface area (Å²) in [5, 5.41) is 11.7. The van der Waals surface area contributed by atoms with Gasteiger partial charge in [-0.25, -0.2) is 4.79 Å². The number of hydrogen-bond donors (Lipinski definition) is 2. The van der Waals surface area contributed by atoms with Gasteiger partial charge in [-0.05, 0) is 43.4 Å². The van der Waals surface area contributed by atoms with Crippen molar-refractivity contribution >= 4 is 12.0 Å². The van der Waals surface area contributed by atoms with E-state index in [0.29, 0.717) is 11.8 Å². The van der Waals surface area contributed by atoms with Crippen molar-refractivity contribution in [1.82, 2.24) is 10.2 Å². The smallest absolute Gasteiger partial charge is 0.317 e. The van der Waals surface area contributed by atoms with E-state index in [2.05, 4.69) is 12.2 Å². The normalized spacial score (nSPS) is 27.1. The van der Waals surface area contributed by atoms with Crippen LogP contribution in [-0.4, -0.2) is 41.6 Å². The first-order valence-electron chi connectivity index (χ1n) is 7.31. The Hall–Kier alpha value is -1.26. The van der Waals surface area contributed by atoms with Gasteiger partial charge in [0.2, 0.25) is 0 Å². The molecule has 1 saturated heterocycles. The summed E-state index contributed by atoms with van der Waals surface area (Å²) >= 11 is 0. The monoisotopic (exact) mass is 268 g/mol. The Kier molecular flexibility index (Phi) is 4.66. The van der Waals surface area contributed by atoms with Crippen LogP contribution in [0.2, 0.25) is 0 Å². The summed E-state index contributed by atoms with van der Waals surface area (Å²) in [5.74, 6) is 1.18. The molecule has 5 heteroatoms. The number of carbonyl (C=O) groups is 2. The molecule has 0 aromatic rings. The average Bonchev–Trinajstić information content (AvgIpc) is 3.10. The second-order valence-corrected chi connectivity index (χ2v) is 6.02. The summed E-state index contributed by atoms with van der Waals surface area (Å²) in [4.78, 5) is 24.3. The fourth-order valence-electron chi connectivity index (χ4n) is 2.77. The van der Waals surface area contributed by atoms with E-state index in [1.807, 2.05) is 4.90 Å². The molecule has 0 aromatic carbocycles. The molecule has 0 bridgehead atoms. The van der Waals surface area contributed by atoms with Crippen LogP contribution in [0.5, 0.6) is 0 Å². The second kappa shape index (κ2) is 6.26. The van der Waals surface area contributed by atoms with Crippen LogP contribution in [0.25, 0.3) is 0 Å². The molecule has 5 nitrogen and oxygen atoms in total. The van der Waals surface area contributed by atoms with Crippen LogP contribution >= 0.6 is 0 Å². The van der Waals surface area contributed by atoms with Gasteiger partial charge in [0.25, 0.3) is 0 Å². The molecule has 1 aliphatic carbocycles. The zero-order chi connectivity index (χ0) is 13.8. The van der Waals surface area contributed by atoms with Crippen molar-refractivity contribution in [3.8, 4) is 0 Å². The fraction of sp³-hybridized carbons (Fsp3) is 0.857. The molecule has 0 radical (unpaired) electrons. The average molecular weight is 268 g/mol. The molecule has 19 heavy (non-hydrogen) atoms. The molecule has 0 spiro atoms. The molecule has 108 valence electrons. The topological polar surface area (TPSA) is 69.6 Å². The number of urea groups is 1. The molecule has 2 N–H and O–H groups in total.